The van der Waals surface area contributed by atoms with E-state index in [9.17, 15) is 15.2 Å². The molecular weight excluding hydrogens is 486 g/mol. The lowest BCUT2D eigenvalue weighted by molar-refractivity contribution is 0.0851. The van der Waals surface area contributed by atoms with Gasteiger partial charge in [0.1, 0.15) is 0 Å². The Morgan fingerprint density at radius 2 is 1.85 bits per heavy atom. The highest BCUT2D eigenvalue weighted by Gasteiger charge is 2.37. The normalized spacial score (nSPS) is 15.6. The molecule has 0 saturated carbocycles. The molecule has 0 spiro atoms. The van der Waals surface area contributed by atoms with E-state index in [1.807, 2.05) is 42.5 Å². The van der Waals surface area contributed by atoms with E-state index in [1.165, 1.54) is 5.56 Å². The molecule has 1 amide bonds. The molecule has 5 aromatic rings. The zero-order valence-corrected chi connectivity index (χ0v) is 21.4. The molecule has 1 atom stereocenters. The molecule has 4 aromatic carbocycles. The first-order valence-electron chi connectivity index (χ1n) is 13.4. The van der Waals surface area contributed by atoms with Gasteiger partial charge in [0.25, 0.3) is 5.91 Å². The van der Waals surface area contributed by atoms with Crippen LogP contribution in [0, 0.1) is 11.3 Å². The van der Waals surface area contributed by atoms with Crippen LogP contribution in [0.5, 0.6) is 0 Å². The number of hydrogen-bond donors (Lipinski definition) is 2. The Morgan fingerprint density at radius 1 is 1.03 bits per heavy atom. The van der Waals surface area contributed by atoms with Crippen LogP contribution in [0.25, 0.3) is 32.9 Å². The molecule has 0 saturated heterocycles. The van der Waals surface area contributed by atoms with Crippen molar-refractivity contribution in [1.29, 1.82) is 5.26 Å². The average Bonchev–Trinajstić information content (AvgIpc) is 3.45. The number of nitrogens with zero attached hydrogens (tertiary/aromatic N) is 2. The number of ether oxygens (including phenoxy) is 1. The molecule has 0 bridgehead atoms. The zero-order chi connectivity index (χ0) is 26.5. The van der Waals surface area contributed by atoms with Crippen molar-refractivity contribution >= 4 is 27.7 Å². The number of aromatic nitrogens is 1. The predicted molar refractivity (Wildman–Crippen MR) is 150 cm³/mol. The first-order chi connectivity index (χ1) is 19.2. The maximum Gasteiger partial charge on any atom is 0.254 e. The standard InChI is InChI=1S/C33H27N3O3/c34-18-21-11-14-26-25(17-21)28-30-29(32(37)35-33(30)38)24-13-12-22-9-4-5-10-23(22)27(24)31(28)36(26)15-6-16-39-19-20-7-2-1-3-8-20/h1-5,7-11,14,17,33,38H,6,12-13,15-16,19H2,(H,35,37). The van der Waals surface area contributed by atoms with Crippen LogP contribution in [0.2, 0.25) is 0 Å². The van der Waals surface area contributed by atoms with E-state index < -0.39 is 6.23 Å². The molecule has 2 N–H and O–H groups in total. The summed E-state index contributed by atoms with van der Waals surface area (Å²) in [5.74, 6) is -0.235. The Balaban J connectivity index is 1.42. The lowest BCUT2D eigenvalue weighted by atomic mass is 9.80. The summed E-state index contributed by atoms with van der Waals surface area (Å²) in [6.07, 6.45) is 1.28. The Hall–Kier alpha value is -4.44. The van der Waals surface area contributed by atoms with E-state index in [1.54, 1.807) is 0 Å². The Bertz CT molecular complexity index is 1810. The molecule has 1 unspecified atom stereocenters. The maximum absolute atomic E-state index is 13.2. The fourth-order valence-corrected chi connectivity index (χ4v) is 6.42. The quantitative estimate of drug-likeness (QED) is 0.282. The number of carbonyl (C=O) groups is 1. The highest BCUT2D eigenvalue weighted by Crippen LogP contribution is 2.48. The minimum Gasteiger partial charge on any atom is -0.377 e. The fourth-order valence-electron chi connectivity index (χ4n) is 6.42. The zero-order valence-electron chi connectivity index (χ0n) is 21.4. The summed E-state index contributed by atoms with van der Waals surface area (Å²) in [6.45, 7) is 1.86. The second-order valence-electron chi connectivity index (χ2n) is 10.3. The Labute approximate surface area is 226 Å². The van der Waals surface area contributed by atoms with Crippen molar-refractivity contribution in [3.8, 4) is 17.2 Å². The number of nitrogens with one attached hydrogen (secondary N) is 1. The third-order valence-corrected chi connectivity index (χ3v) is 8.05. The minimum absolute atomic E-state index is 0.235. The molecule has 1 aliphatic heterocycles. The van der Waals surface area contributed by atoms with Gasteiger partial charge in [0.05, 0.1) is 29.3 Å². The molecule has 0 radical (unpaired) electrons. The minimum atomic E-state index is -1.09. The van der Waals surface area contributed by atoms with E-state index in [2.05, 4.69) is 46.3 Å². The SMILES string of the molecule is N#Cc1ccc2c(c1)c1c3c(c4c(c1n2CCCOCc1ccccc1)-c1ccccc1CC4)C(=O)NC3O. The van der Waals surface area contributed by atoms with Crippen LogP contribution in [0.15, 0.2) is 72.8 Å². The van der Waals surface area contributed by atoms with E-state index in [0.717, 1.165) is 63.3 Å². The van der Waals surface area contributed by atoms with Crippen molar-refractivity contribution in [1.82, 2.24) is 9.88 Å². The molecular formula is C33H27N3O3. The number of nitriles is 1. The van der Waals surface area contributed by atoms with E-state index >= 15 is 0 Å². The summed E-state index contributed by atoms with van der Waals surface area (Å²) >= 11 is 0. The molecule has 7 rings (SSSR count). The Morgan fingerprint density at radius 3 is 2.69 bits per heavy atom. The van der Waals surface area contributed by atoms with Gasteiger partial charge in [0.15, 0.2) is 6.23 Å². The average molecular weight is 514 g/mol. The van der Waals surface area contributed by atoms with Crippen LogP contribution in [-0.4, -0.2) is 22.2 Å². The number of hydrogen-bond acceptors (Lipinski definition) is 4. The first kappa shape index (κ1) is 23.7. The smallest absolute Gasteiger partial charge is 0.254 e. The summed E-state index contributed by atoms with van der Waals surface area (Å²) in [5.41, 5.74) is 9.36. The van der Waals surface area contributed by atoms with Gasteiger partial charge in [-0.05, 0) is 59.7 Å². The van der Waals surface area contributed by atoms with E-state index in [-0.39, 0.29) is 5.91 Å². The van der Waals surface area contributed by atoms with Crippen LogP contribution in [0.4, 0.5) is 0 Å². The van der Waals surface area contributed by atoms with Crippen LogP contribution in [0.1, 0.15) is 50.8 Å². The molecule has 1 aliphatic carbocycles. The number of benzene rings is 4. The van der Waals surface area contributed by atoms with Crippen molar-refractivity contribution < 1.29 is 14.6 Å². The van der Waals surface area contributed by atoms with Crippen molar-refractivity contribution in [2.24, 2.45) is 0 Å². The van der Waals surface area contributed by atoms with E-state index in [0.29, 0.717) is 36.4 Å². The topological polar surface area (TPSA) is 87.3 Å². The summed E-state index contributed by atoms with van der Waals surface area (Å²) in [6, 6.07) is 26.5. The molecule has 2 aliphatic rings. The molecule has 1 aromatic heterocycles. The second-order valence-corrected chi connectivity index (χ2v) is 10.3. The van der Waals surface area contributed by atoms with Crippen molar-refractivity contribution in [2.75, 3.05) is 6.61 Å². The van der Waals surface area contributed by atoms with E-state index in [4.69, 9.17) is 4.74 Å². The number of carbonyl (C=O) groups excluding carboxylic acids is 1. The van der Waals surface area contributed by atoms with Gasteiger partial charge in [-0.15, -0.1) is 0 Å². The summed E-state index contributed by atoms with van der Waals surface area (Å²) < 4.78 is 8.30. The summed E-state index contributed by atoms with van der Waals surface area (Å²) in [7, 11) is 0. The van der Waals surface area contributed by atoms with Gasteiger partial charge in [0, 0.05) is 40.6 Å². The van der Waals surface area contributed by atoms with Crippen molar-refractivity contribution in [3.63, 3.8) is 0 Å². The fraction of sp³-hybridized carbons (Fsp3) is 0.212. The predicted octanol–water partition coefficient (Wildman–Crippen LogP) is 5.77. The third-order valence-electron chi connectivity index (χ3n) is 8.05. The van der Waals surface area contributed by atoms with Crippen LogP contribution >= 0.6 is 0 Å². The van der Waals surface area contributed by atoms with Crippen molar-refractivity contribution in [3.05, 3.63) is 106 Å². The molecule has 6 nitrogen and oxygen atoms in total. The van der Waals surface area contributed by atoms with Gasteiger partial charge in [-0.25, -0.2) is 0 Å². The number of aliphatic hydroxyl groups is 1. The third kappa shape index (κ3) is 3.74. The van der Waals surface area contributed by atoms with Crippen molar-refractivity contribution in [2.45, 2.75) is 38.6 Å². The van der Waals surface area contributed by atoms with Gasteiger partial charge in [-0.1, -0.05) is 54.6 Å². The number of aryl methyl sites for hydroxylation is 2. The van der Waals surface area contributed by atoms with Crippen LogP contribution < -0.4 is 5.32 Å². The highest BCUT2D eigenvalue weighted by molar-refractivity contribution is 6.20. The number of aliphatic hydroxyl groups excluding tert-OH is 1. The molecule has 39 heavy (non-hydrogen) atoms. The number of fused-ring (bicyclic) bond motifs is 10. The first-order valence-corrected chi connectivity index (χ1v) is 13.4. The van der Waals surface area contributed by atoms with Gasteiger partial charge in [-0.2, -0.15) is 5.26 Å². The maximum atomic E-state index is 13.2. The van der Waals surface area contributed by atoms with Gasteiger partial charge >= 0.3 is 0 Å². The lowest BCUT2D eigenvalue weighted by Gasteiger charge is -2.24. The summed E-state index contributed by atoms with van der Waals surface area (Å²) in [5, 5.41) is 25.2. The highest BCUT2D eigenvalue weighted by atomic mass is 16.5. The Kier molecular flexibility index (Phi) is 5.70. The monoisotopic (exact) mass is 513 g/mol. The van der Waals surface area contributed by atoms with Gasteiger partial charge in [0.2, 0.25) is 0 Å². The molecule has 192 valence electrons. The molecule has 6 heteroatoms. The second kappa shape index (κ2) is 9.39. The summed E-state index contributed by atoms with van der Waals surface area (Å²) in [4.78, 5) is 13.2. The lowest BCUT2D eigenvalue weighted by Crippen LogP contribution is -2.19. The molecule has 2 heterocycles. The van der Waals surface area contributed by atoms with Gasteiger partial charge in [-0.3, -0.25) is 4.79 Å². The molecule has 0 fully saturated rings. The van der Waals surface area contributed by atoms with Crippen LogP contribution in [0.3, 0.4) is 0 Å². The largest absolute Gasteiger partial charge is 0.377 e. The number of amides is 1. The number of rotatable bonds is 6. The van der Waals surface area contributed by atoms with Gasteiger partial charge < -0.3 is 19.7 Å². The van der Waals surface area contributed by atoms with Crippen LogP contribution in [-0.2, 0) is 30.7 Å².